The molecule has 0 aliphatic carbocycles. The topological polar surface area (TPSA) is 0 Å². The molecule has 0 nitrogen and oxygen atoms in total. The molecule has 0 saturated heterocycles. The standard InChI is InChI=1S/C8H6S.C3H8.C2H6/c1-2-4-8-7(3-1)5-6-9-8;1-3-2;1-2/h1-6H;3H2,1-2H3;1-2H3. The van der Waals surface area contributed by atoms with Crippen LogP contribution in [0.25, 0.3) is 10.1 Å². The van der Waals surface area contributed by atoms with E-state index in [4.69, 9.17) is 0 Å². The molecule has 0 fully saturated rings. The second kappa shape index (κ2) is 8.76. The van der Waals surface area contributed by atoms with Gasteiger partial charge in [0.2, 0.25) is 0 Å². The molecular formula is C13H20S. The van der Waals surface area contributed by atoms with Gasteiger partial charge in [-0.1, -0.05) is 52.3 Å². The second-order valence-electron chi connectivity index (χ2n) is 2.67. The van der Waals surface area contributed by atoms with Crippen LogP contribution in [0.1, 0.15) is 34.1 Å². The molecule has 0 bridgehead atoms. The van der Waals surface area contributed by atoms with E-state index in [1.54, 1.807) is 11.3 Å². The van der Waals surface area contributed by atoms with Crippen LogP contribution in [0.15, 0.2) is 35.7 Å². The van der Waals surface area contributed by atoms with Gasteiger partial charge >= 0.3 is 0 Å². The Labute approximate surface area is 91.6 Å². The van der Waals surface area contributed by atoms with Crippen LogP contribution in [0.4, 0.5) is 0 Å². The van der Waals surface area contributed by atoms with Crippen molar-refractivity contribution in [2.24, 2.45) is 0 Å². The fourth-order valence-corrected chi connectivity index (χ4v) is 1.70. The molecular weight excluding hydrogens is 188 g/mol. The molecule has 0 unspecified atom stereocenters. The van der Waals surface area contributed by atoms with Gasteiger partial charge in [0.05, 0.1) is 0 Å². The Hall–Kier alpha value is -0.820. The lowest BCUT2D eigenvalue weighted by Crippen LogP contribution is -1.56. The minimum Gasteiger partial charge on any atom is -0.144 e. The van der Waals surface area contributed by atoms with Crippen molar-refractivity contribution in [3.8, 4) is 0 Å². The quantitative estimate of drug-likeness (QED) is 0.548. The highest BCUT2D eigenvalue weighted by atomic mass is 32.1. The summed E-state index contributed by atoms with van der Waals surface area (Å²) in [4.78, 5) is 0. The Bertz CT molecular complexity index is 292. The summed E-state index contributed by atoms with van der Waals surface area (Å²) in [6, 6.07) is 10.5. The molecule has 0 spiro atoms. The van der Waals surface area contributed by atoms with Crippen LogP contribution in [-0.4, -0.2) is 0 Å². The van der Waals surface area contributed by atoms with Gasteiger partial charge in [-0.25, -0.2) is 0 Å². The van der Waals surface area contributed by atoms with E-state index in [-0.39, 0.29) is 0 Å². The zero-order valence-electron chi connectivity index (χ0n) is 9.58. The van der Waals surface area contributed by atoms with Crippen molar-refractivity contribution in [3.63, 3.8) is 0 Å². The fraction of sp³-hybridized carbons (Fsp3) is 0.385. The highest BCUT2D eigenvalue weighted by Gasteiger charge is 1.87. The predicted octanol–water partition coefficient (Wildman–Crippen LogP) is 5.34. The highest BCUT2D eigenvalue weighted by molar-refractivity contribution is 7.17. The number of hydrogen-bond acceptors (Lipinski definition) is 1. The van der Waals surface area contributed by atoms with Crippen molar-refractivity contribution in [2.45, 2.75) is 34.1 Å². The molecule has 1 aromatic heterocycles. The van der Waals surface area contributed by atoms with E-state index in [0.717, 1.165) is 0 Å². The normalized spacial score (nSPS) is 8.29. The van der Waals surface area contributed by atoms with Gasteiger partial charge in [0.15, 0.2) is 0 Å². The summed E-state index contributed by atoms with van der Waals surface area (Å²) < 4.78 is 1.37. The van der Waals surface area contributed by atoms with Gasteiger partial charge in [-0.3, -0.25) is 0 Å². The van der Waals surface area contributed by atoms with E-state index in [0.29, 0.717) is 0 Å². The molecule has 0 N–H and O–H groups in total. The molecule has 0 aliphatic heterocycles. The van der Waals surface area contributed by atoms with Crippen molar-refractivity contribution in [3.05, 3.63) is 35.7 Å². The van der Waals surface area contributed by atoms with E-state index in [2.05, 4.69) is 49.6 Å². The smallest absolute Gasteiger partial charge is 0.0342 e. The third kappa shape index (κ3) is 4.43. The Morgan fingerprint density at radius 1 is 1.00 bits per heavy atom. The molecule has 2 rings (SSSR count). The van der Waals surface area contributed by atoms with Crippen LogP contribution >= 0.6 is 11.3 Å². The summed E-state index contributed by atoms with van der Waals surface area (Å²) in [6.45, 7) is 8.25. The van der Waals surface area contributed by atoms with Crippen LogP contribution in [0.5, 0.6) is 0 Å². The van der Waals surface area contributed by atoms with Gasteiger partial charge < -0.3 is 0 Å². The van der Waals surface area contributed by atoms with Crippen LogP contribution in [0.3, 0.4) is 0 Å². The van der Waals surface area contributed by atoms with E-state index in [1.165, 1.54) is 16.5 Å². The fourth-order valence-electron chi connectivity index (χ4n) is 0.906. The first-order chi connectivity index (χ1) is 6.88. The average molecular weight is 208 g/mol. The van der Waals surface area contributed by atoms with Crippen molar-refractivity contribution >= 4 is 21.4 Å². The first kappa shape index (κ1) is 13.2. The third-order valence-electron chi connectivity index (χ3n) is 1.36. The SMILES string of the molecule is CC.CCC.c1ccc2sccc2c1. The largest absolute Gasteiger partial charge is 0.144 e. The molecule has 0 amide bonds. The summed E-state index contributed by atoms with van der Waals surface area (Å²) in [6.07, 6.45) is 1.25. The zero-order chi connectivity index (χ0) is 10.8. The Morgan fingerprint density at radius 3 is 2.14 bits per heavy atom. The molecule has 0 saturated carbocycles. The van der Waals surface area contributed by atoms with Crippen LogP contribution in [-0.2, 0) is 0 Å². The number of thiophene rings is 1. The number of benzene rings is 1. The Kier molecular flexibility index (Phi) is 8.25. The minimum absolute atomic E-state index is 1.25. The van der Waals surface area contributed by atoms with E-state index in [9.17, 15) is 0 Å². The van der Waals surface area contributed by atoms with Gasteiger partial charge in [-0.2, -0.15) is 0 Å². The summed E-state index contributed by atoms with van der Waals surface area (Å²) in [7, 11) is 0. The van der Waals surface area contributed by atoms with Crippen LogP contribution in [0.2, 0.25) is 0 Å². The maximum atomic E-state index is 2.14. The van der Waals surface area contributed by atoms with Gasteiger partial charge in [-0.05, 0) is 22.9 Å². The maximum absolute atomic E-state index is 2.14. The molecule has 0 atom stereocenters. The lowest BCUT2D eigenvalue weighted by atomic mass is 10.3. The zero-order valence-corrected chi connectivity index (χ0v) is 10.4. The van der Waals surface area contributed by atoms with Gasteiger partial charge in [0.25, 0.3) is 0 Å². The van der Waals surface area contributed by atoms with Crippen molar-refractivity contribution in [1.82, 2.24) is 0 Å². The Balaban J connectivity index is 0.000000294. The van der Waals surface area contributed by atoms with Crippen molar-refractivity contribution in [1.29, 1.82) is 0 Å². The van der Waals surface area contributed by atoms with E-state index < -0.39 is 0 Å². The molecule has 1 heterocycles. The monoisotopic (exact) mass is 208 g/mol. The van der Waals surface area contributed by atoms with Crippen molar-refractivity contribution < 1.29 is 0 Å². The molecule has 0 aliphatic rings. The lowest BCUT2D eigenvalue weighted by molar-refractivity contribution is 1.09. The van der Waals surface area contributed by atoms with Crippen molar-refractivity contribution in [2.75, 3.05) is 0 Å². The third-order valence-corrected chi connectivity index (χ3v) is 2.26. The summed E-state index contributed by atoms with van der Waals surface area (Å²) in [5.41, 5.74) is 0. The number of hydrogen-bond donors (Lipinski definition) is 0. The summed E-state index contributed by atoms with van der Waals surface area (Å²) >= 11 is 1.79. The minimum atomic E-state index is 1.25. The van der Waals surface area contributed by atoms with E-state index >= 15 is 0 Å². The van der Waals surface area contributed by atoms with Gasteiger partial charge in [-0.15, -0.1) is 11.3 Å². The molecule has 78 valence electrons. The number of fused-ring (bicyclic) bond motifs is 1. The predicted molar refractivity (Wildman–Crippen MR) is 69.1 cm³/mol. The van der Waals surface area contributed by atoms with E-state index in [1.807, 2.05) is 13.8 Å². The average Bonchev–Trinajstić information content (AvgIpc) is 2.69. The van der Waals surface area contributed by atoms with Crippen LogP contribution in [0, 0.1) is 0 Å². The molecule has 14 heavy (non-hydrogen) atoms. The Morgan fingerprint density at radius 2 is 1.57 bits per heavy atom. The lowest BCUT2D eigenvalue weighted by Gasteiger charge is -1.82. The van der Waals surface area contributed by atoms with Crippen LogP contribution < -0.4 is 0 Å². The highest BCUT2D eigenvalue weighted by Crippen LogP contribution is 2.18. The molecule has 1 heteroatoms. The summed E-state index contributed by atoms with van der Waals surface area (Å²) in [5, 5.41) is 3.47. The van der Waals surface area contributed by atoms with Gasteiger partial charge in [0, 0.05) is 4.70 Å². The molecule has 0 radical (unpaired) electrons. The molecule has 1 aromatic carbocycles. The first-order valence-electron chi connectivity index (χ1n) is 5.30. The first-order valence-corrected chi connectivity index (χ1v) is 6.18. The number of rotatable bonds is 0. The summed E-state index contributed by atoms with van der Waals surface area (Å²) in [5.74, 6) is 0. The maximum Gasteiger partial charge on any atom is 0.0342 e. The second-order valence-corrected chi connectivity index (χ2v) is 3.61. The van der Waals surface area contributed by atoms with Gasteiger partial charge in [0.1, 0.15) is 0 Å². The molecule has 2 aromatic rings.